The number of aromatic nitrogens is 2. The van der Waals surface area contributed by atoms with E-state index in [4.69, 9.17) is 16.3 Å². The maximum atomic E-state index is 13.1. The summed E-state index contributed by atoms with van der Waals surface area (Å²) in [6, 6.07) is 9.28. The molecule has 0 unspecified atom stereocenters. The van der Waals surface area contributed by atoms with Crippen LogP contribution in [0, 0.1) is 0 Å². The van der Waals surface area contributed by atoms with Gasteiger partial charge in [-0.1, -0.05) is 22.9 Å². The molecule has 0 aliphatic carbocycles. The van der Waals surface area contributed by atoms with E-state index >= 15 is 0 Å². The Labute approximate surface area is 173 Å². The third-order valence-electron chi connectivity index (χ3n) is 3.52. The summed E-state index contributed by atoms with van der Waals surface area (Å²) in [4.78, 5) is 0. The molecular weight excluding hydrogens is 451 g/mol. The molecular formula is C17H13ClF3N3O3S2. The fourth-order valence-corrected chi connectivity index (χ4v) is 3.77. The molecule has 1 aromatic heterocycles. The Balaban J connectivity index is 1.89. The molecule has 0 spiro atoms. The van der Waals surface area contributed by atoms with Crippen LogP contribution >= 0.6 is 22.9 Å². The number of benzene rings is 2. The lowest BCUT2D eigenvalue weighted by atomic mass is 10.1. The van der Waals surface area contributed by atoms with Crippen LogP contribution < -0.4 is 9.46 Å². The van der Waals surface area contributed by atoms with Crippen LogP contribution in [0.15, 0.2) is 42.5 Å². The number of sulfonamides is 1. The predicted molar refractivity (Wildman–Crippen MR) is 105 cm³/mol. The molecule has 0 saturated carbocycles. The molecule has 0 bridgehead atoms. The van der Waals surface area contributed by atoms with Gasteiger partial charge in [0.25, 0.3) is 0 Å². The molecule has 0 aliphatic rings. The second-order valence-electron chi connectivity index (χ2n) is 5.88. The molecule has 0 fully saturated rings. The number of alkyl halides is 3. The molecule has 3 rings (SSSR count). The van der Waals surface area contributed by atoms with Crippen molar-refractivity contribution >= 4 is 38.6 Å². The highest BCUT2D eigenvalue weighted by Crippen LogP contribution is 2.37. The lowest BCUT2D eigenvalue weighted by molar-refractivity contribution is -0.137. The van der Waals surface area contributed by atoms with Gasteiger partial charge in [-0.05, 0) is 42.5 Å². The van der Waals surface area contributed by atoms with Gasteiger partial charge in [0.2, 0.25) is 10.0 Å². The monoisotopic (exact) mass is 463 g/mol. The lowest BCUT2D eigenvalue weighted by Gasteiger charge is -2.12. The highest BCUT2D eigenvalue weighted by atomic mass is 35.5. The van der Waals surface area contributed by atoms with Crippen LogP contribution in [0.4, 0.5) is 18.9 Å². The van der Waals surface area contributed by atoms with Crippen LogP contribution in [0.3, 0.4) is 0 Å². The molecule has 3 aromatic rings. The summed E-state index contributed by atoms with van der Waals surface area (Å²) in [5, 5.41) is 8.88. The van der Waals surface area contributed by atoms with Crippen LogP contribution in [0.2, 0.25) is 5.02 Å². The van der Waals surface area contributed by atoms with Crippen molar-refractivity contribution in [3.05, 3.63) is 58.1 Å². The van der Waals surface area contributed by atoms with Crippen molar-refractivity contribution in [3.63, 3.8) is 0 Å². The Bertz CT molecular complexity index is 1120. The van der Waals surface area contributed by atoms with Crippen molar-refractivity contribution in [1.82, 2.24) is 10.2 Å². The molecule has 29 heavy (non-hydrogen) atoms. The van der Waals surface area contributed by atoms with Crippen LogP contribution in [0.25, 0.3) is 10.6 Å². The summed E-state index contributed by atoms with van der Waals surface area (Å²) in [6.07, 6.45) is -3.69. The molecule has 1 heterocycles. The van der Waals surface area contributed by atoms with E-state index < -0.39 is 21.8 Å². The highest BCUT2D eigenvalue weighted by Gasteiger charge is 2.31. The smallest absolute Gasteiger partial charge is 0.416 e. The first kappa shape index (κ1) is 21.3. The number of ether oxygens (including phenoxy) is 1. The van der Waals surface area contributed by atoms with Crippen molar-refractivity contribution in [2.45, 2.75) is 12.8 Å². The largest absolute Gasteiger partial charge is 0.486 e. The molecule has 0 amide bonds. The van der Waals surface area contributed by atoms with Gasteiger partial charge in [0.15, 0.2) is 5.01 Å². The van der Waals surface area contributed by atoms with E-state index in [1.54, 1.807) is 24.3 Å². The summed E-state index contributed by atoms with van der Waals surface area (Å²) >= 11 is 6.79. The van der Waals surface area contributed by atoms with Gasteiger partial charge in [-0.15, -0.1) is 10.2 Å². The summed E-state index contributed by atoms with van der Waals surface area (Å²) in [5.41, 5.74) is -0.983. The maximum absolute atomic E-state index is 13.1. The van der Waals surface area contributed by atoms with Crippen LogP contribution in [-0.4, -0.2) is 24.9 Å². The van der Waals surface area contributed by atoms with Crippen LogP contribution in [0.1, 0.15) is 10.6 Å². The van der Waals surface area contributed by atoms with Crippen LogP contribution in [0.5, 0.6) is 5.75 Å². The Morgan fingerprint density at radius 3 is 2.45 bits per heavy atom. The van der Waals surface area contributed by atoms with Crippen molar-refractivity contribution in [3.8, 4) is 16.3 Å². The number of rotatable bonds is 6. The SMILES string of the molecule is CS(=O)(=O)Nc1ccc(C(F)(F)F)cc1-c1nnc(COc2ccc(Cl)cc2)s1. The van der Waals surface area contributed by atoms with Crippen molar-refractivity contribution in [2.24, 2.45) is 0 Å². The lowest BCUT2D eigenvalue weighted by Crippen LogP contribution is -2.12. The zero-order valence-electron chi connectivity index (χ0n) is 14.7. The van der Waals surface area contributed by atoms with E-state index in [9.17, 15) is 21.6 Å². The van der Waals surface area contributed by atoms with Gasteiger partial charge in [-0.3, -0.25) is 4.72 Å². The van der Waals surface area contributed by atoms with Gasteiger partial charge >= 0.3 is 6.18 Å². The zero-order chi connectivity index (χ0) is 21.2. The van der Waals surface area contributed by atoms with Gasteiger partial charge in [0.05, 0.1) is 17.5 Å². The first-order valence-corrected chi connectivity index (χ1v) is 11.0. The summed E-state index contributed by atoms with van der Waals surface area (Å²) in [6.45, 7) is 0.0348. The molecule has 6 nitrogen and oxygen atoms in total. The van der Waals surface area contributed by atoms with Crippen molar-refractivity contribution in [2.75, 3.05) is 11.0 Å². The summed E-state index contributed by atoms with van der Waals surface area (Å²) in [5.74, 6) is 0.532. The first-order chi connectivity index (χ1) is 13.5. The second-order valence-corrected chi connectivity index (χ2v) is 9.12. The minimum atomic E-state index is -4.59. The second kappa shape index (κ2) is 8.17. The summed E-state index contributed by atoms with van der Waals surface area (Å²) < 4.78 is 70.1. The fourth-order valence-electron chi connectivity index (χ4n) is 2.28. The Morgan fingerprint density at radius 2 is 1.83 bits per heavy atom. The number of hydrogen-bond acceptors (Lipinski definition) is 6. The van der Waals surface area contributed by atoms with E-state index in [1.807, 2.05) is 0 Å². The van der Waals surface area contributed by atoms with Crippen molar-refractivity contribution in [1.29, 1.82) is 0 Å². The minimum absolute atomic E-state index is 0.0261. The fraction of sp³-hybridized carbons (Fsp3) is 0.176. The normalized spacial score (nSPS) is 12.0. The van der Waals surface area contributed by atoms with Crippen LogP contribution in [-0.2, 0) is 22.8 Å². The molecule has 0 saturated heterocycles. The van der Waals surface area contributed by atoms with Gasteiger partial charge < -0.3 is 4.74 Å². The predicted octanol–water partition coefficient (Wildman–Crippen LogP) is 4.83. The average molecular weight is 464 g/mol. The summed E-state index contributed by atoms with van der Waals surface area (Å²) in [7, 11) is -3.71. The molecule has 2 aromatic carbocycles. The molecule has 12 heteroatoms. The van der Waals surface area contributed by atoms with E-state index in [0.29, 0.717) is 15.8 Å². The number of anilines is 1. The van der Waals surface area contributed by atoms with E-state index in [0.717, 1.165) is 35.8 Å². The Morgan fingerprint density at radius 1 is 1.14 bits per heavy atom. The van der Waals surface area contributed by atoms with E-state index in [1.165, 1.54) is 0 Å². The van der Waals surface area contributed by atoms with E-state index in [2.05, 4.69) is 14.9 Å². The quantitative estimate of drug-likeness (QED) is 0.566. The minimum Gasteiger partial charge on any atom is -0.486 e. The molecule has 154 valence electrons. The number of nitrogens with one attached hydrogen (secondary N) is 1. The Hall–Kier alpha value is -2.37. The standard InChI is InChI=1S/C17H13ClF3N3O3S2/c1-29(25,26)24-14-7-2-10(17(19,20)21)8-13(14)16-23-22-15(28-16)9-27-12-5-3-11(18)4-6-12/h2-8,24H,9H2,1H3. The van der Waals surface area contributed by atoms with Crippen molar-refractivity contribution < 1.29 is 26.3 Å². The molecule has 0 radical (unpaired) electrons. The third-order valence-corrected chi connectivity index (χ3v) is 5.29. The van der Waals surface area contributed by atoms with Gasteiger partial charge in [-0.2, -0.15) is 13.2 Å². The number of nitrogens with zero attached hydrogens (tertiary/aromatic N) is 2. The van der Waals surface area contributed by atoms with E-state index in [-0.39, 0.29) is 22.9 Å². The molecule has 1 N–H and O–H groups in total. The van der Waals surface area contributed by atoms with Gasteiger partial charge in [0.1, 0.15) is 17.4 Å². The van der Waals surface area contributed by atoms with Gasteiger partial charge in [-0.25, -0.2) is 8.42 Å². The molecule has 0 atom stereocenters. The maximum Gasteiger partial charge on any atom is 0.416 e. The third kappa shape index (κ3) is 5.81. The Kier molecular flexibility index (Phi) is 6.01. The van der Waals surface area contributed by atoms with Gasteiger partial charge in [0, 0.05) is 10.6 Å². The average Bonchev–Trinajstić information content (AvgIpc) is 3.08. The number of halogens is 4. The molecule has 0 aliphatic heterocycles. The number of hydrogen-bond donors (Lipinski definition) is 1. The first-order valence-electron chi connectivity index (χ1n) is 7.91. The topological polar surface area (TPSA) is 81.2 Å². The zero-order valence-corrected chi connectivity index (χ0v) is 17.1. The highest BCUT2D eigenvalue weighted by molar-refractivity contribution is 7.92.